The SMILES string of the molecule is CNc1ccc(N)c(NC)c1. The zero-order valence-corrected chi connectivity index (χ0v) is 6.81. The van der Waals surface area contributed by atoms with Crippen LogP contribution in [0.3, 0.4) is 0 Å². The van der Waals surface area contributed by atoms with Gasteiger partial charge in [0.2, 0.25) is 0 Å². The van der Waals surface area contributed by atoms with Crippen molar-refractivity contribution >= 4 is 17.1 Å². The molecule has 1 aromatic carbocycles. The molecule has 0 fully saturated rings. The zero-order valence-electron chi connectivity index (χ0n) is 6.81. The molecule has 0 heterocycles. The zero-order chi connectivity index (χ0) is 8.27. The van der Waals surface area contributed by atoms with Gasteiger partial charge in [-0.2, -0.15) is 0 Å². The lowest BCUT2D eigenvalue weighted by Crippen LogP contribution is -1.97. The summed E-state index contributed by atoms with van der Waals surface area (Å²) < 4.78 is 0. The van der Waals surface area contributed by atoms with Crippen LogP contribution in [-0.2, 0) is 0 Å². The first kappa shape index (κ1) is 7.72. The Balaban J connectivity index is 3.02. The quantitative estimate of drug-likeness (QED) is 0.559. The second kappa shape index (κ2) is 3.14. The van der Waals surface area contributed by atoms with Gasteiger partial charge >= 0.3 is 0 Å². The lowest BCUT2D eigenvalue weighted by molar-refractivity contribution is 1.47. The molecule has 0 atom stereocenters. The number of benzene rings is 1. The molecule has 0 unspecified atom stereocenters. The van der Waals surface area contributed by atoms with Crippen molar-refractivity contribution in [2.24, 2.45) is 0 Å². The number of hydrogen-bond donors (Lipinski definition) is 3. The van der Waals surface area contributed by atoms with E-state index in [1.165, 1.54) is 0 Å². The number of nitrogen functional groups attached to an aromatic ring is 1. The van der Waals surface area contributed by atoms with Gasteiger partial charge in [-0.05, 0) is 18.2 Å². The van der Waals surface area contributed by atoms with Gasteiger partial charge in [0.05, 0.1) is 11.4 Å². The first-order valence-corrected chi connectivity index (χ1v) is 3.53. The maximum atomic E-state index is 5.66. The topological polar surface area (TPSA) is 50.1 Å². The van der Waals surface area contributed by atoms with Gasteiger partial charge < -0.3 is 16.4 Å². The van der Waals surface area contributed by atoms with Crippen LogP contribution in [0, 0.1) is 0 Å². The maximum absolute atomic E-state index is 5.66. The van der Waals surface area contributed by atoms with Gasteiger partial charge in [0.15, 0.2) is 0 Å². The van der Waals surface area contributed by atoms with Gasteiger partial charge in [-0.25, -0.2) is 0 Å². The standard InChI is InChI=1S/C8H13N3/c1-10-6-3-4-7(9)8(5-6)11-2/h3-5,10-11H,9H2,1-2H3. The van der Waals surface area contributed by atoms with Crippen molar-refractivity contribution < 1.29 is 0 Å². The summed E-state index contributed by atoms with van der Waals surface area (Å²) in [7, 11) is 3.73. The molecule has 3 heteroatoms. The van der Waals surface area contributed by atoms with Crippen molar-refractivity contribution in [3.05, 3.63) is 18.2 Å². The molecule has 1 aromatic rings. The Morgan fingerprint density at radius 2 is 1.91 bits per heavy atom. The molecule has 0 saturated heterocycles. The average Bonchev–Trinajstić information content (AvgIpc) is 2.05. The summed E-state index contributed by atoms with van der Waals surface area (Å²) in [6.45, 7) is 0. The lowest BCUT2D eigenvalue weighted by Gasteiger charge is -2.06. The third-order valence-electron chi connectivity index (χ3n) is 1.61. The van der Waals surface area contributed by atoms with Crippen LogP contribution in [0.15, 0.2) is 18.2 Å². The highest BCUT2D eigenvalue weighted by atomic mass is 14.9. The summed E-state index contributed by atoms with van der Waals surface area (Å²) in [5.74, 6) is 0. The van der Waals surface area contributed by atoms with Crippen molar-refractivity contribution in [3.8, 4) is 0 Å². The number of nitrogens with one attached hydrogen (secondary N) is 2. The molecule has 60 valence electrons. The smallest absolute Gasteiger partial charge is 0.0592 e. The van der Waals surface area contributed by atoms with E-state index in [1.807, 2.05) is 32.3 Å². The molecule has 0 aliphatic heterocycles. The van der Waals surface area contributed by atoms with E-state index in [1.54, 1.807) is 0 Å². The van der Waals surface area contributed by atoms with Gasteiger partial charge in [0.1, 0.15) is 0 Å². The van der Waals surface area contributed by atoms with Gasteiger partial charge in [0.25, 0.3) is 0 Å². The van der Waals surface area contributed by atoms with Crippen molar-refractivity contribution in [1.29, 1.82) is 0 Å². The molecule has 11 heavy (non-hydrogen) atoms. The molecule has 4 N–H and O–H groups in total. The van der Waals surface area contributed by atoms with Crippen molar-refractivity contribution in [1.82, 2.24) is 0 Å². The predicted molar refractivity (Wildman–Crippen MR) is 49.9 cm³/mol. The molecule has 0 amide bonds. The highest BCUT2D eigenvalue weighted by Gasteiger charge is 1.95. The van der Waals surface area contributed by atoms with E-state index in [0.29, 0.717) is 0 Å². The Morgan fingerprint density at radius 1 is 1.18 bits per heavy atom. The number of anilines is 3. The summed E-state index contributed by atoms with van der Waals surface area (Å²) in [4.78, 5) is 0. The van der Waals surface area contributed by atoms with E-state index in [4.69, 9.17) is 5.73 Å². The molecule has 3 nitrogen and oxygen atoms in total. The predicted octanol–water partition coefficient (Wildman–Crippen LogP) is 1.35. The minimum absolute atomic E-state index is 0.770. The highest BCUT2D eigenvalue weighted by Crippen LogP contribution is 2.21. The second-order valence-corrected chi connectivity index (χ2v) is 2.30. The summed E-state index contributed by atoms with van der Waals surface area (Å²) in [6, 6.07) is 5.78. The van der Waals surface area contributed by atoms with Crippen LogP contribution in [0.4, 0.5) is 17.1 Å². The van der Waals surface area contributed by atoms with Crippen molar-refractivity contribution in [2.75, 3.05) is 30.5 Å². The Kier molecular flexibility index (Phi) is 2.21. The van der Waals surface area contributed by atoms with E-state index in [2.05, 4.69) is 10.6 Å². The minimum Gasteiger partial charge on any atom is -0.397 e. The molecule has 0 aliphatic rings. The average molecular weight is 151 g/mol. The van der Waals surface area contributed by atoms with Gasteiger partial charge in [-0.1, -0.05) is 0 Å². The molecule has 0 aliphatic carbocycles. The van der Waals surface area contributed by atoms with E-state index >= 15 is 0 Å². The molecular weight excluding hydrogens is 138 g/mol. The van der Waals surface area contributed by atoms with Crippen molar-refractivity contribution in [2.45, 2.75) is 0 Å². The third-order valence-corrected chi connectivity index (χ3v) is 1.61. The Morgan fingerprint density at radius 3 is 2.45 bits per heavy atom. The summed E-state index contributed by atoms with van der Waals surface area (Å²) in [6.07, 6.45) is 0. The van der Waals surface area contributed by atoms with Crippen LogP contribution in [0.2, 0.25) is 0 Å². The molecule has 0 bridgehead atoms. The number of nitrogens with two attached hydrogens (primary N) is 1. The monoisotopic (exact) mass is 151 g/mol. The van der Waals surface area contributed by atoms with Crippen LogP contribution in [0.25, 0.3) is 0 Å². The third kappa shape index (κ3) is 1.55. The van der Waals surface area contributed by atoms with Gasteiger partial charge in [-0.3, -0.25) is 0 Å². The van der Waals surface area contributed by atoms with E-state index in [0.717, 1.165) is 17.1 Å². The van der Waals surface area contributed by atoms with E-state index < -0.39 is 0 Å². The van der Waals surface area contributed by atoms with E-state index in [9.17, 15) is 0 Å². The summed E-state index contributed by atoms with van der Waals surface area (Å²) >= 11 is 0. The largest absolute Gasteiger partial charge is 0.397 e. The fourth-order valence-electron chi connectivity index (χ4n) is 0.928. The normalized spacial score (nSPS) is 9.27. The molecule has 0 spiro atoms. The maximum Gasteiger partial charge on any atom is 0.0592 e. The first-order valence-electron chi connectivity index (χ1n) is 3.53. The Hall–Kier alpha value is -1.38. The van der Waals surface area contributed by atoms with E-state index in [-0.39, 0.29) is 0 Å². The van der Waals surface area contributed by atoms with Crippen LogP contribution < -0.4 is 16.4 Å². The minimum atomic E-state index is 0.770. The second-order valence-electron chi connectivity index (χ2n) is 2.30. The molecule has 0 radical (unpaired) electrons. The molecule has 0 aromatic heterocycles. The lowest BCUT2D eigenvalue weighted by atomic mass is 10.2. The fraction of sp³-hybridized carbons (Fsp3) is 0.250. The number of rotatable bonds is 2. The molecule has 1 rings (SSSR count). The van der Waals surface area contributed by atoms with Crippen LogP contribution in [-0.4, -0.2) is 14.1 Å². The fourth-order valence-corrected chi connectivity index (χ4v) is 0.928. The molecule has 0 saturated carbocycles. The van der Waals surface area contributed by atoms with Gasteiger partial charge in [-0.15, -0.1) is 0 Å². The van der Waals surface area contributed by atoms with Crippen LogP contribution >= 0.6 is 0 Å². The Labute approximate surface area is 66.6 Å². The van der Waals surface area contributed by atoms with Crippen molar-refractivity contribution in [3.63, 3.8) is 0 Å². The highest BCUT2D eigenvalue weighted by molar-refractivity contribution is 5.71. The summed E-state index contributed by atoms with van der Waals surface area (Å²) in [5, 5.41) is 6.04. The first-order chi connectivity index (χ1) is 5.27. The Bertz CT molecular complexity index is 245. The molecular formula is C8H13N3. The van der Waals surface area contributed by atoms with Crippen LogP contribution in [0.1, 0.15) is 0 Å². The van der Waals surface area contributed by atoms with Crippen LogP contribution in [0.5, 0.6) is 0 Å². The van der Waals surface area contributed by atoms with Gasteiger partial charge in [0, 0.05) is 19.8 Å². The summed E-state index contributed by atoms with van der Waals surface area (Å²) in [5.41, 5.74) is 8.45. The number of hydrogen-bond acceptors (Lipinski definition) is 3.